The second-order valence-electron chi connectivity index (χ2n) is 9.09. The number of nitrogens with one attached hydrogen (secondary N) is 2. The predicted molar refractivity (Wildman–Crippen MR) is 128 cm³/mol. The zero-order valence-corrected chi connectivity index (χ0v) is 19.4. The van der Waals surface area contributed by atoms with E-state index in [-0.39, 0.29) is 12.2 Å². The standard InChI is InChI=1S/C26H26N2O6/c1-15-11-23(29)33-22-13-17(9-10-18(15)22)32-24(30)21(28-25(31)34-26(2,3)4)12-16-14-27-20-8-6-5-7-19(16)20/h5-11,13-14,21,27H,12H2,1-4H3,(H,28,31). The van der Waals surface area contributed by atoms with Crippen molar-refractivity contribution in [3.8, 4) is 5.75 Å². The highest BCUT2D eigenvalue weighted by Crippen LogP contribution is 2.24. The Morgan fingerprint density at radius 3 is 2.62 bits per heavy atom. The number of aryl methyl sites for hydroxylation is 1. The number of hydrogen-bond acceptors (Lipinski definition) is 6. The molecule has 0 saturated heterocycles. The normalized spacial score (nSPS) is 12.5. The molecule has 1 atom stereocenters. The van der Waals surface area contributed by atoms with Gasteiger partial charge in [-0.05, 0) is 57.0 Å². The number of aromatic nitrogens is 1. The number of alkyl carbamates (subject to hydrolysis) is 1. The maximum atomic E-state index is 13.2. The number of benzene rings is 2. The lowest BCUT2D eigenvalue weighted by atomic mass is 10.1. The monoisotopic (exact) mass is 462 g/mol. The lowest BCUT2D eigenvalue weighted by Gasteiger charge is -2.23. The first kappa shape index (κ1) is 23.1. The van der Waals surface area contributed by atoms with Crippen LogP contribution in [0.4, 0.5) is 4.79 Å². The molecule has 1 unspecified atom stereocenters. The zero-order valence-electron chi connectivity index (χ0n) is 19.4. The quantitative estimate of drug-likeness (QED) is 0.254. The van der Waals surface area contributed by atoms with Gasteiger partial charge in [0, 0.05) is 41.0 Å². The van der Waals surface area contributed by atoms with Crippen LogP contribution in [-0.4, -0.2) is 28.7 Å². The summed E-state index contributed by atoms with van der Waals surface area (Å²) in [5, 5.41) is 4.31. The summed E-state index contributed by atoms with van der Waals surface area (Å²) >= 11 is 0. The average Bonchev–Trinajstić information content (AvgIpc) is 3.14. The van der Waals surface area contributed by atoms with E-state index in [1.807, 2.05) is 24.3 Å². The smallest absolute Gasteiger partial charge is 0.408 e. The maximum Gasteiger partial charge on any atom is 0.408 e. The SMILES string of the molecule is Cc1cc(=O)oc2cc(OC(=O)C(Cc3c[nH]c4ccccc34)NC(=O)OC(C)(C)C)ccc12. The van der Waals surface area contributed by atoms with Crippen molar-refractivity contribution in [1.29, 1.82) is 0 Å². The van der Waals surface area contributed by atoms with Crippen LogP contribution in [0.3, 0.4) is 0 Å². The number of amides is 1. The Hall–Kier alpha value is -4.07. The molecule has 2 aromatic carbocycles. The van der Waals surface area contributed by atoms with Gasteiger partial charge in [-0.2, -0.15) is 0 Å². The third-order valence-corrected chi connectivity index (χ3v) is 5.22. The fourth-order valence-corrected chi connectivity index (χ4v) is 3.72. The van der Waals surface area contributed by atoms with Gasteiger partial charge in [0.05, 0.1) is 0 Å². The first-order valence-electron chi connectivity index (χ1n) is 10.9. The predicted octanol–water partition coefficient (Wildman–Crippen LogP) is 4.62. The van der Waals surface area contributed by atoms with Crippen LogP contribution in [0.5, 0.6) is 5.75 Å². The number of aromatic amines is 1. The van der Waals surface area contributed by atoms with Gasteiger partial charge in [0.25, 0.3) is 0 Å². The maximum absolute atomic E-state index is 13.2. The average molecular weight is 463 g/mol. The molecule has 0 fully saturated rings. The molecule has 8 nitrogen and oxygen atoms in total. The van der Waals surface area contributed by atoms with Crippen molar-refractivity contribution in [2.75, 3.05) is 0 Å². The van der Waals surface area contributed by atoms with Crippen molar-refractivity contribution in [2.45, 2.75) is 45.8 Å². The molecule has 4 aromatic rings. The van der Waals surface area contributed by atoms with Crippen molar-refractivity contribution in [1.82, 2.24) is 10.3 Å². The molecule has 4 rings (SSSR count). The van der Waals surface area contributed by atoms with Crippen LogP contribution in [0.1, 0.15) is 31.9 Å². The molecule has 2 aromatic heterocycles. The number of esters is 1. The Morgan fingerprint density at radius 1 is 1.09 bits per heavy atom. The van der Waals surface area contributed by atoms with E-state index >= 15 is 0 Å². The third-order valence-electron chi connectivity index (χ3n) is 5.22. The minimum absolute atomic E-state index is 0.184. The number of rotatable bonds is 5. The Labute approximate surface area is 195 Å². The Morgan fingerprint density at radius 2 is 1.85 bits per heavy atom. The minimum atomic E-state index is -1.02. The zero-order chi connectivity index (χ0) is 24.5. The lowest BCUT2D eigenvalue weighted by Crippen LogP contribution is -2.46. The first-order chi connectivity index (χ1) is 16.1. The highest BCUT2D eigenvalue weighted by molar-refractivity contribution is 5.88. The summed E-state index contributed by atoms with van der Waals surface area (Å²) in [5.41, 5.74) is 1.61. The van der Waals surface area contributed by atoms with Crippen molar-refractivity contribution >= 4 is 33.9 Å². The third kappa shape index (κ3) is 5.28. The fraction of sp³-hybridized carbons (Fsp3) is 0.269. The molecule has 0 radical (unpaired) electrons. The number of carbonyl (C=O) groups is 2. The second-order valence-corrected chi connectivity index (χ2v) is 9.09. The van der Waals surface area contributed by atoms with E-state index in [9.17, 15) is 14.4 Å². The molecule has 0 bridgehead atoms. The highest BCUT2D eigenvalue weighted by atomic mass is 16.6. The van der Waals surface area contributed by atoms with E-state index in [1.165, 1.54) is 12.1 Å². The first-order valence-corrected chi connectivity index (χ1v) is 10.9. The van der Waals surface area contributed by atoms with Crippen molar-refractivity contribution in [3.05, 3.63) is 76.3 Å². The Bertz CT molecular complexity index is 1430. The minimum Gasteiger partial charge on any atom is -0.444 e. The molecular weight excluding hydrogens is 436 g/mol. The van der Waals surface area contributed by atoms with Gasteiger partial charge in [0.2, 0.25) is 0 Å². The lowest BCUT2D eigenvalue weighted by molar-refractivity contribution is -0.136. The van der Waals surface area contributed by atoms with Crippen LogP contribution in [0.2, 0.25) is 0 Å². The molecule has 34 heavy (non-hydrogen) atoms. The summed E-state index contributed by atoms with van der Waals surface area (Å²) in [6, 6.07) is 12.9. The van der Waals surface area contributed by atoms with E-state index < -0.39 is 29.3 Å². The van der Waals surface area contributed by atoms with Gasteiger partial charge >= 0.3 is 17.7 Å². The number of H-pyrrole nitrogens is 1. The molecule has 176 valence electrons. The van der Waals surface area contributed by atoms with Crippen LogP contribution >= 0.6 is 0 Å². The summed E-state index contributed by atoms with van der Waals surface area (Å²) in [6.07, 6.45) is 1.26. The molecule has 1 amide bonds. The van der Waals surface area contributed by atoms with Gasteiger partial charge in [-0.25, -0.2) is 14.4 Å². The van der Waals surface area contributed by atoms with Crippen LogP contribution in [0.15, 0.2) is 63.9 Å². The van der Waals surface area contributed by atoms with E-state index in [4.69, 9.17) is 13.9 Å². The summed E-state index contributed by atoms with van der Waals surface area (Å²) in [4.78, 5) is 40.5. The van der Waals surface area contributed by atoms with E-state index in [0.717, 1.165) is 27.4 Å². The fourth-order valence-electron chi connectivity index (χ4n) is 3.72. The van der Waals surface area contributed by atoms with Crippen LogP contribution < -0.4 is 15.7 Å². The Kier molecular flexibility index (Phi) is 6.15. The van der Waals surface area contributed by atoms with E-state index in [2.05, 4.69) is 10.3 Å². The molecule has 0 aliphatic carbocycles. The molecule has 2 N–H and O–H groups in total. The summed E-state index contributed by atoms with van der Waals surface area (Å²) in [5.74, 6) is -0.480. The van der Waals surface area contributed by atoms with E-state index in [0.29, 0.717) is 5.58 Å². The van der Waals surface area contributed by atoms with Crippen LogP contribution in [0.25, 0.3) is 21.9 Å². The van der Waals surface area contributed by atoms with Crippen molar-refractivity contribution in [3.63, 3.8) is 0 Å². The molecule has 8 heteroatoms. The topological polar surface area (TPSA) is 111 Å². The van der Waals surface area contributed by atoms with E-state index in [1.54, 1.807) is 46.0 Å². The molecule has 2 heterocycles. The van der Waals surface area contributed by atoms with Gasteiger partial charge in [-0.15, -0.1) is 0 Å². The summed E-state index contributed by atoms with van der Waals surface area (Å²) < 4.78 is 16.2. The number of fused-ring (bicyclic) bond motifs is 2. The van der Waals surface area contributed by atoms with Gasteiger partial charge in [-0.3, -0.25) is 0 Å². The molecular formula is C26H26N2O6. The number of hydrogen-bond donors (Lipinski definition) is 2. The van der Waals surface area contributed by atoms with Crippen LogP contribution in [-0.2, 0) is 16.0 Å². The van der Waals surface area contributed by atoms with Crippen LogP contribution in [0, 0.1) is 6.92 Å². The summed E-state index contributed by atoms with van der Waals surface area (Å²) in [6.45, 7) is 7.02. The number of ether oxygens (including phenoxy) is 2. The molecule has 0 spiro atoms. The molecule has 0 aliphatic heterocycles. The molecule has 0 aliphatic rings. The van der Waals surface area contributed by atoms with Gasteiger partial charge < -0.3 is 24.2 Å². The number of para-hydroxylation sites is 1. The second kappa shape index (κ2) is 9.05. The summed E-state index contributed by atoms with van der Waals surface area (Å²) in [7, 11) is 0. The van der Waals surface area contributed by atoms with Crippen molar-refractivity contribution < 1.29 is 23.5 Å². The highest BCUT2D eigenvalue weighted by Gasteiger charge is 2.27. The van der Waals surface area contributed by atoms with Gasteiger partial charge in [0.15, 0.2) is 0 Å². The number of carbonyl (C=O) groups excluding carboxylic acids is 2. The molecule has 0 saturated carbocycles. The van der Waals surface area contributed by atoms with Gasteiger partial charge in [0.1, 0.15) is 23.0 Å². The largest absolute Gasteiger partial charge is 0.444 e. The van der Waals surface area contributed by atoms with Gasteiger partial charge in [-0.1, -0.05) is 18.2 Å². The Balaban J connectivity index is 1.60. The van der Waals surface area contributed by atoms with Crippen molar-refractivity contribution in [2.24, 2.45) is 0 Å².